The summed E-state index contributed by atoms with van der Waals surface area (Å²) in [5.41, 5.74) is 4.57. The molecule has 0 N–H and O–H groups in total. The Bertz CT molecular complexity index is 1070. The molecule has 0 radical (unpaired) electrons. The van der Waals surface area contributed by atoms with E-state index in [0.29, 0.717) is 17.4 Å². The molecule has 0 bridgehead atoms. The highest BCUT2D eigenvalue weighted by molar-refractivity contribution is 6.02. The van der Waals surface area contributed by atoms with Gasteiger partial charge in [0.05, 0.1) is 14.2 Å². The van der Waals surface area contributed by atoms with Crippen molar-refractivity contribution in [3.63, 3.8) is 0 Å². The van der Waals surface area contributed by atoms with Gasteiger partial charge in [0.2, 0.25) is 0 Å². The van der Waals surface area contributed by atoms with Crippen LogP contribution in [0.3, 0.4) is 0 Å². The van der Waals surface area contributed by atoms with Gasteiger partial charge in [-0.2, -0.15) is 0 Å². The molecule has 3 aromatic carbocycles. The first kappa shape index (κ1) is 26.0. The van der Waals surface area contributed by atoms with E-state index in [1.165, 1.54) is 11.1 Å². The lowest BCUT2D eigenvalue weighted by Gasteiger charge is -2.26. The zero-order valence-corrected chi connectivity index (χ0v) is 21.9. The molecule has 4 nitrogen and oxygen atoms in total. The summed E-state index contributed by atoms with van der Waals surface area (Å²) in [6.07, 6.45) is 5.12. The summed E-state index contributed by atoms with van der Waals surface area (Å²) >= 11 is 0. The SMILES string of the molecule is CCCC(CCN(Cc1ccccc1)Cc1ccccc1)CC1Cc2cc(OC)c(OC)cc2C1=O. The molecule has 4 rings (SSSR count). The van der Waals surface area contributed by atoms with Gasteiger partial charge in [-0.05, 0) is 60.5 Å². The largest absolute Gasteiger partial charge is 0.493 e. The van der Waals surface area contributed by atoms with Gasteiger partial charge >= 0.3 is 0 Å². The van der Waals surface area contributed by atoms with Gasteiger partial charge in [-0.3, -0.25) is 9.69 Å². The Morgan fingerprint density at radius 1 is 0.861 bits per heavy atom. The Morgan fingerprint density at radius 3 is 2.00 bits per heavy atom. The minimum absolute atomic E-state index is 0.0464. The number of ketones is 1. The summed E-state index contributed by atoms with van der Waals surface area (Å²) < 4.78 is 10.9. The average molecular weight is 486 g/mol. The highest BCUT2D eigenvalue weighted by Gasteiger charge is 2.33. The number of rotatable bonds is 13. The van der Waals surface area contributed by atoms with E-state index in [0.717, 1.165) is 62.9 Å². The first-order valence-electron chi connectivity index (χ1n) is 13.2. The number of fused-ring (bicyclic) bond motifs is 1. The zero-order valence-electron chi connectivity index (χ0n) is 21.9. The van der Waals surface area contributed by atoms with Crippen LogP contribution in [-0.4, -0.2) is 31.4 Å². The van der Waals surface area contributed by atoms with Gasteiger partial charge in [-0.25, -0.2) is 0 Å². The summed E-state index contributed by atoms with van der Waals surface area (Å²) in [5, 5.41) is 0. The first-order chi connectivity index (χ1) is 17.6. The van der Waals surface area contributed by atoms with Crippen LogP contribution >= 0.6 is 0 Å². The van der Waals surface area contributed by atoms with E-state index < -0.39 is 0 Å². The van der Waals surface area contributed by atoms with E-state index in [9.17, 15) is 4.79 Å². The van der Waals surface area contributed by atoms with Crippen molar-refractivity contribution < 1.29 is 14.3 Å². The number of Topliss-reactive ketones (excluding diaryl/α,β-unsaturated/α-hetero) is 1. The number of nitrogens with zero attached hydrogens (tertiary/aromatic N) is 1. The summed E-state index contributed by atoms with van der Waals surface area (Å²) in [6.45, 7) is 5.13. The Balaban J connectivity index is 1.43. The Hall–Kier alpha value is -3.11. The van der Waals surface area contributed by atoms with Crippen molar-refractivity contribution >= 4 is 5.78 Å². The maximum Gasteiger partial charge on any atom is 0.166 e. The highest BCUT2D eigenvalue weighted by Crippen LogP contribution is 2.39. The number of benzene rings is 3. The molecule has 0 aliphatic heterocycles. The van der Waals surface area contributed by atoms with E-state index in [-0.39, 0.29) is 11.7 Å². The van der Waals surface area contributed by atoms with Crippen molar-refractivity contribution in [1.82, 2.24) is 4.90 Å². The molecule has 190 valence electrons. The fraction of sp³-hybridized carbons (Fsp3) is 0.406. The predicted molar refractivity (Wildman–Crippen MR) is 146 cm³/mol. The van der Waals surface area contributed by atoms with Crippen molar-refractivity contribution in [2.45, 2.75) is 52.1 Å². The third-order valence-electron chi connectivity index (χ3n) is 7.38. The van der Waals surface area contributed by atoms with E-state index in [1.54, 1.807) is 14.2 Å². The van der Waals surface area contributed by atoms with E-state index in [4.69, 9.17) is 9.47 Å². The minimum atomic E-state index is 0.0464. The second-order valence-electron chi connectivity index (χ2n) is 9.99. The highest BCUT2D eigenvalue weighted by atomic mass is 16.5. The topological polar surface area (TPSA) is 38.8 Å². The molecule has 0 aromatic heterocycles. The van der Waals surface area contributed by atoms with Crippen LogP contribution in [0.5, 0.6) is 11.5 Å². The second-order valence-corrected chi connectivity index (χ2v) is 9.99. The second kappa shape index (κ2) is 12.7. The van der Waals surface area contributed by atoms with Crippen molar-refractivity contribution in [2.24, 2.45) is 11.8 Å². The fourth-order valence-electron chi connectivity index (χ4n) is 5.54. The van der Waals surface area contributed by atoms with Crippen molar-refractivity contribution in [2.75, 3.05) is 20.8 Å². The molecule has 1 aliphatic rings. The molecule has 0 spiro atoms. The standard InChI is InChI=1S/C32H39NO3/c1-4-11-24(18-28-19-27-20-30(35-2)31(36-3)21-29(27)32(28)34)16-17-33(22-25-12-7-5-8-13-25)23-26-14-9-6-10-15-26/h5-10,12-15,20-21,24,28H,4,11,16-19,22-23H2,1-3H3. The third-order valence-corrected chi connectivity index (χ3v) is 7.38. The molecule has 1 aliphatic carbocycles. The molecule has 0 amide bonds. The van der Waals surface area contributed by atoms with Gasteiger partial charge in [0.25, 0.3) is 0 Å². The van der Waals surface area contributed by atoms with Crippen LogP contribution in [0.1, 0.15) is 59.7 Å². The third kappa shape index (κ3) is 6.55. The molecule has 3 aromatic rings. The smallest absolute Gasteiger partial charge is 0.166 e. The maximum atomic E-state index is 13.3. The van der Waals surface area contributed by atoms with Gasteiger partial charge in [0.1, 0.15) is 0 Å². The normalized spacial score (nSPS) is 15.7. The van der Waals surface area contributed by atoms with Crippen molar-refractivity contribution in [3.8, 4) is 11.5 Å². The van der Waals surface area contributed by atoms with Crippen LogP contribution in [0.4, 0.5) is 0 Å². The molecule has 0 heterocycles. The number of hydrogen-bond acceptors (Lipinski definition) is 4. The van der Waals surface area contributed by atoms with Crippen molar-refractivity contribution in [1.29, 1.82) is 0 Å². The maximum absolute atomic E-state index is 13.3. The van der Waals surface area contributed by atoms with E-state index in [1.807, 2.05) is 12.1 Å². The van der Waals surface area contributed by atoms with E-state index >= 15 is 0 Å². The molecule has 36 heavy (non-hydrogen) atoms. The summed E-state index contributed by atoms with van der Waals surface area (Å²) in [7, 11) is 3.27. The average Bonchev–Trinajstić information content (AvgIpc) is 3.21. The Morgan fingerprint density at radius 2 is 1.44 bits per heavy atom. The molecular formula is C32H39NO3. The predicted octanol–water partition coefficient (Wildman–Crippen LogP) is 6.96. The van der Waals surface area contributed by atoms with E-state index in [2.05, 4.69) is 72.5 Å². The lowest BCUT2D eigenvalue weighted by molar-refractivity contribution is 0.0912. The van der Waals surface area contributed by atoms with Crippen LogP contribution < -0.4 is 9.47 Å². The Kier molecular flexibility index (Phi) is 9.18. The molecule has 0 fully saturated rings. The first-order valence-corrected chi connectivity index (χ1v) is 13.2. The van der Waals surface area contributed by atoms with Crippen LogP contribution in [0.2, 0.25) is 0 Å². The molecule has 0 saturated carbocycles. The van der Waals surface area contributed by atoms with Gasteiger partial charge in [0.15, 0.2) is 17.3 Å². The van der Waals surface area contributed by atoms with Crippen LogP contribution in [-0.2, 0) is 19.5 Å². The molecule has 0 saturated heterocycles. The van der Waals surface area contributed by atoms with Crippen molar-refractivity contribution in [3.05, 3.63) is 95.1 Å². The van der Waals surface area contributed by atoms with Crippen LogP contribution in [0.25, 0.3) is 0 Å². The number of carbonyl (C=O) groups excluding carboxylic acids is 1. The summed E-state index contributed by atoms with van der Waals surface area (Å²) in [4.78, 5) is 15.9. The van der Waals surface area contributed by atoms with Crippen LogP contribution in [0, 0.1) is 11.8 Å². The van der Waals surface area contributed by atoms with Gasteiger partial charge < -0.3 is 9.47 Å². The Labute approximate surface area is 216 Å². The quantitative estimate of drug-likeness (QED) is 0.262. The monoisotopic (exact) mass is 485 g/mol. The fourth-order valence-corrected chi connectivity index (χ4v) is 5.54. The lowest BCUT2D eigenvalue weighted by atomic mass is 9.86. The zero-order chi connectivity index (χ0) is 25.3. The molecule has 4 heteroatoms. The number of carbonyl (C=O) groups is 1. The van der Waals surface area contributed by atoms with Gasteiger partial charge in [-0.1, -0.05) is 80.4 Å². The minimum Gasteiger partial charge on any atom is -0.493 e. The summed E-state index contributed by atoms with van der Waals surface area (Å²) in [5.74, 6) is 2.17. The number of ether oxygens (including phenoxy) is 2. The van der Waals surface area contributed by atoms with Gasteiger partial charge in [0, 0.05) is 24.6 Å². The molecule has 2 unspecified atom stereocenters. The molecule has 2 atom stereocenters. The van der Waals surface area contributed by atoms with Crippen LogP contribution in [0.15, 0.2) is 72.8 Å². The lowest BCUT2D eigenvalue weighted by Crippen LogP contribution is -2.26. The summed E-state index contributed by atoms with van der Waals surface area (Å²) in [6, 6.07) is 25.3. The van der Waals surface area contributed by atoms with Gasteiger partial charge in [-0.15, -0.1) is 0 Å². The molecular weight excluding hydrogens is 446 g/mol. The number of methoxy groups -OCH3 is 2. The number of hydrogen-bond donors (Lipinski definition) is 0.